The molecule has 0 spiro atoms. The summed E-state index contributed by atoms with van der Waals surface area (Å²) >= 11 is 5.84. The summed E-state index contributed by atoms with van der Waals surface area (Å²) in [6, 6.07) is 9.64. The molecule has 0 aromatic heterocycles. The number of hydrogen-bond acceptors (Lipinski definition) is 2. The van der Waals surface area contributed by atoms with Gasteiger partial charge in [0.2, 0.25) is 0 Å². The van der Waals surface area contributed by atoms with Gasteiger partial charge >= 0.3 is 0 Å². The Labute approximate surface area is 113 Å². The van der Waals surface area contributed by atoms with Gasteiger partial charge in [0, 0.05) is 10.4 Å². The van der Waals surface area contributed by atoms with E-state index in [2.05, 4.69) is 6.07 Å². The lowest BCUT2D eigenvalue weighted by atomic mass is 9.77. The summed E-state index contributed by atoms with van der Waals surface area (Å²) in [6.07, 6.45) is 1.92. The zero-order valence-corrected chi connectivity index (χ0v) is 11.4. The van der Waals surface area contributed by atoms with Crippen LogP contribution in [0.25, 0.3) is 0 Å². The summed E-state index contributed by atoms with van der Waals surface area (Å²) in [7, 11) is 0. The molecule has 1 aliphatic carbocycles. The Kier molecular flexibility index (Phi) is 3.21. The minimum atomic E-state index is -0.850. The number of ketones is 1. The molecule has 0 bridgehead atoms. The van der Waals surface area contributed by atoms with Crippen molar-refractivity contribution in [1.82, 2.24) is 0 Å². The predicted molar refractivity (Wildman–Crippen MR) is 71.2 cm³/mol. The number of hydrogen-bond donors (Lipinski definition) is 0. The number of carbonyl (C=O) groups is 1. The highest BCUT2D eigenvalue weighted by Gasteiger charge is 2.52. The molecule has 1 fully saturated rings. The lowest BCUT2D eigenvalue weighted by Gasteiger charge is -2.22. The molecule has 2 rings (SSSR count). The first-order chi connectivity index (χ1) is 8.39. The van der Waals surface area contributed by atoms with E-state index in [1.807, 2.05) is 26.0 Å². The van der Waals surface area contributed by atoms with Crippen LogP contribution in [0.1, 0.15) is 32.3 Å². The van der Waals surface area contributed by atoms with Gasteiger partial charge in [0.05, 0.1) is 6.07 Å². The fourth-order valence-corrected chi connectivity index (χ4v) is 2.79. The molecule has 1 aromatic rings. The summed E-state index contributed by atoms with van der Waals surface area (Å²) in [5.41, 5.74) is -0.230. The number of rotatable bonds is 2. The van der Waals surface area contributed by atoms with E-state index in [0.717, 1.165) is 12.0 Å². The topological polar surface area (TPSA) is 40.9 Å². The van der Waals surface area contributed by atoms with Gasteiger partial charge in [-0.1, -0.05) is 37.6 Å². The lowest BCUT2D eigenvalue weighted by molar-refractivity contribution is -0.130. The summed E-state index contributed by atoms with van der Waals surface area (Å²) < 4.78 is 0. The van der Waals surface area contributed by atoms with Gasteiger partial charge in [-0.25, -0.2) is 0 Å². The lowest BCUT2D eigenvalue weighted by Crippen LogP contribution is -2.33. The van der Waals surface area contributed by atoms with Crippen LogP contribution in [0, 0.1) is 22.2 Å². The first kappa shape index (κ1) is 13.1. The Bertz CT molecular complexity index is 512. The minimum absolute atomic E-state index is 0.0763. The van der Waals surface area contributed by atoms with E-state index < -0.39 is 5.41 Å². The molecule has 0 amide bonds. The Morgan fingerprint density at radius 3 is 2.33 bits per heavy atom. The van der Waals surface area contributed by atoms with Crippen molar-refractivity contribution in [3.05, 3.63) is 34.9 Å². The van der Waals surface area contributed by atoms with Crippen molar-refractivity contribution in [2.75, 3.05) is 0 Å². The molecular weight excluding hydrogens is 246 g/mol. The molecule has 0 N–H and O–H groups in total. The summed E-state index contributed by atoms with van der Waals surface area (Å²) in [5.74, 6) is 0.0763. The van der Waals surface area contributed by atoms with Gasteiger partial charge in [0.15, 0.2) is 5.78 Å². The second kappa shape index (κ2) is 4.40. The van der Waals surface area contributed by atoms with Crippen LogP contribution in [0.5, 0.6) is 0 Å². The Balaban J connectivity index is 2.29. The maximum atomic E-state index is 12.4. The highest BCUT2D eigenvalue weighted by molar-refractivity contribution is 6.30. The highest BCUT2D eigenvalue weighted by atomic mass is 35.5. The van der Waals surface area contributed by atoms with E-state index in [-0.39, 0.29) is 11.2 Å². The van der Waals surface area contributed by atoms with Gasteiger partial charge in [0.1, 0.15) is 5.41 Å². The first-order valence-corrected chi connectivity index (χ1v) is 6.48. The van der Waals surface area contributed by atoms with Crippen LogP contribution in [0.2, 0.25) is 5.02 Å². The molecule has 0 heterocycles. The van der Waals surface area contributed by atoms with E-state index in [1.54, 1.807) is 12.1 Å². The predicted octanol–water partition coefficient (Wildman–Crippen LogP) is 3.78. The smallest absolute Gasteiger partial charge is 0.158 e. The second-order valence-electron chi connectivity index (χ2n) is 5.71. The first-order valence-electron chi connectivity index (χ1n) is 6.10. The molecule has 1 unspecified atom stereocenters. The van der Waals surface area contributed by atoms with Gasteiger partial charge in [-0.15, -0.1) is 0 Å². The monoisotopic (exact) mass is 261 g/mol. The fourth-order valence-electron chi connectivity index (χ4n) is 2.67. The summed E-state index contributed by atoms with van der Waals surface area (Å²) in [6.45, 7) is 3.85. The molecule has 0 radical (unpaired) electrons. The zero-order valence-electron chi connectivity index (χ0n) is 10.7. The summed E-state index contributed by atoms with van der Waals surface area (Å²) in [5, 5.41) is 10.1. The number of nitriles is 1. The van der Waals surface area contributed by atoms with E-state index in [9.17, 15) is 10.1 Å². The van der Waals surface area contributed by atoms with E-state index in [1.165, 1.54) is 0 Å². The average Bonchev–Trinajstić information content (AvgIpc) is 2.57. The second-order valence-corrected chi connectivity index (χ2v) is 6.15. The highest BCUT2D eigenvalue weighted by Crippen LogP contribution is 2.47. The van der Waals surface area contributed by atoms with Gasteiger partial charge in [0.25, 0.3) is 0 Å². The third-order valence-electron chi connectivity index (χ3n) is 3.86. The number of nitrogens with zero attached hydrogens (tertiary/aromatic N) is 1. The largest absolute Gasteiger partial charge is 0.297 e. The molecule has 0 aliphatic heterocycles. The van der Waals surface area contributed by atoms with Crippen molar-refractivity contribution in [3.63, 3.8) is 0 Å². The molecule has 2 nitrogen and oxygen atoms in total. The maximum absolute atomic E-state index is 12.4. The average molecular weight is 262 g/mol. The standard InChI is InChI=1S/C15H16ClNO/c1-14(2)7-8-15(10-17,13(14)18)9-11-3-5-12(16)6-4-11/h3-6H,7-9H2,1-2H3. The van der Waals surface area contributed by atoms with E-state index >= 15 is 0 Å². The van der Waals surface area contributed by atoms with Crippen LogP contribution in [-0.2, 0) is 11.2 Å². The van der Waals surface area contributed by atoms with Crippen molar-refractivity contribution in [2.45, 2.75) is 33.1 Å². The number of carbonyl (C=O) groups excluding carboxylic acids is 1. The van der Waals surface area contributed by atoms with Crippen LogP contribution in [0.4, 0.5) is 0 Å². The molecule has 1 saturated carbocycles. The van der Waals surface area contributed by atoms with Crippen LogP contribution in [-0.4, -0.2) is 5.78 Å². The van der Waals surface area contributed by atoms with E-state index in [4.69, 9.17) is 11.6 Å². The number of benzene rings is 1. The molecular formula is C15H16ClNO. The molecule has 94 valence electrons. The third-order valence-corrected chi connectivity index (χ3v) is 4.11. The molecule has 1 atom stereocenters. The van der Waals surface area contributed by atoms with Gasteiger partial charge in [-0.2, -0.15) is 5.26 Å². The van der Waals surface area contributed by atoms with E-state index in [0.29, 0.717) is 17.9 Å². The Hall–Kier alpha value is -1.33. The van der Waals surface area contributed by atoms with Crippen molar-refractivity contribution in [1.29, 1.82) is 5.26 Å². The van der Waals surface area contributed by atoms with Crippen LogP contribution in [0.15, 0.2) is 24.3 Å². The van der Waals surface area contributed by atoms with Gasteiger partial charge in [-0.05, 0) is 37.0 Å². The maximum Gasteiger partial charge on any atom is 0.158 e. The minimum Gasteiger partial charge on any atom is -0.297 e. The molecule has 0 saturated heterocycles. The van der Waals surface area contributed by atoms with Gasteiger partial charge < -0.3 is 0 Å². The Morgan fingerprint density at radius 1 is 1.28 bits per heavy atom. The van der Waals surface area contributed by atoms with Crippen molar-refractivity contribution in [2.24, 2.45) is 10.8 Å². The Morgan fingerprint density at radius 2 is 1.89 bits per heavy atom. The zero-order chi connectivity index (χ0) is 13.4. The molecule has 3 heteroatoms. The molecule has 18 heavy (non-hydrogen) atoms. The fraction of sp³-hybridized carbons (Fsp3) is 0.467. The number of Topliss-reactive ketones (excluding diaryl/α,β-unsaturated/α-hetero) is 1. The quantitative estimate of drug-likeness (QED) is 0.813. The number of halogens is 1. The normalized spacial score (nSPS) is 26.0. The molecule has 1 aliphatic rings. The van der Waals surface area contributed by atoms with Crippen LogP contribution in [0.3, 0.4) is 0 Å². The van der Waals surface area contributed by atoms with Crippen LogP contribution >= 0.6 is 11.6 Å². The summed E-state index contributed by atoms with van der Waals surface area (Å²) in [4.78, 5) is 12.4. The third kappa shape index (κ3) is 2.15. The van der Waals surface area contributed by atoms with Crippen molar-refractivity contribution in [3.8, 4) is 6.07 Å². The van der Waals surface area contributed by atoms with Crippen molar-refractivity contribution >= 4 is 17.4 Å². The molecule has 1 aromatic carbocycles. The SMILES string of the molecule is CC1(C)CCC(C#N)(Cc2ccc(Cl)cc2)C1=O. The van der Waals surface area contributed by atoms with Crippen LogP contribution < -0.4 is 0 Å². The van der Waals surface area contributed by atoms with Gasteiger partial charge in [-0.3, -0.25) is 4.79 Å². The van der Waals surface area contributed by atoms with Crippen molar-refractivity contribution < 1.29 is 4.79 Å².